The van der Waals surface area contributed by atoms with Crippen LogP contribution in [-0.4, -0.2) is 36.2 Å². The Morgan fingerprint density at radius 2 is 1.92 bits per heavy atom. The molecule has 4 heteroatoms. The number of aliphatic hydroxyl groups is 1. The van der Waals surface area contributed by atoms with Crippen molar-refractivity contribution in [1.82, 2.24) is 10.6 Å². The van der Waals surface area contributed by atoms with Gasteiger partial charge < -0.3 is 15.7 Å². The van der Waals surface area contributed by atoms with E-state index in [0.29, 0.717) is 19.5 Å². The van der Waals surface area contributed by atoms with Crippen molar-refractivity contribution in [2.75, 3.05) is 19.7 Å². The number of rotatable bonds is 5. The van der Waals surface area contributed by atoms with Crippen LogP contribution in [0.3, 0.4) is 0 Å². The Hall–Kier alpha value is -0.610. The molecular weight excluding hydrogens is 168 g/mol. The quantitative estimate of drug-likeness (QED) is 0.527. The molecule has 0 bridgehead atoms. The molecule has 0 aromatic carbocycles. The number of carbonyl (C=O) groups excluding carboxylic acids is 1. The molecule has 0 aromatic heterocycles. The van der Waals surface area contributed by atoms with Gasteiger partial charge in [-0.1, -0.05) is 0 Å². The first kappa shape index (κ1) is 12.4. The molecule has 0 saturated heterocycles. The average molecular weight is 188 g/mol. The Balaban J connectivity index is 3.41. The van der Waals surface area contributed by atoms with E-state index in [1.54, 1.807) is 0 Å². The van der Waals surface area contributed by atoms with Gasteiger partial charge in [0.2, 0.25) is 5.91 Å². The second-order valence-electron chi connectivity index (χ2n) is 4.02. The fraction of sp³-hybridized carbons (Fsp3) is 0.889. The van der Waals surface area contributed by atoms with Crippen LogP contribution in [0.2, 0.25) is 0 Å². The van der Waals surface area contributed by atoms with Crippen molar-refractivity contribution in [3.05, 3.63) is 0 Å². The van der Waals surface area contributed by atoms with Crippen LogP contribution in [0, 0.1) is 0 Å². The highest BCUT2D eigenvalue weighted by Gasteiger charge is 2.12. The van der Waals surface area contributed by atoms with Gasteiger partial charge in [-0.3, -0.25) is 4.79 Å². The third kappa shape index (κ3) is 9.30. The molecule has 0 aromatic rings. The summed E-state index contributed by atoms with van der Waals surface area (Å²) in [6.07, 6.45) is 0.456. The molecule has 0 aliphatic rings. The lowest BCUT2D eigenvalue weighted by atomic mass is 10.1. The van der Waals surface area contributed by atoms with Crippen molar-refractivity contribution in [2.24, 2.45) is 0 Å². The van der Waals surface area contributed by atoms with Gasteiger partial charge in [0.25, 0.3) is 0 Å². The molecule has 4 nitrogen and oxygen atoms in total. The van der Waals surface area contributed by atoms with Crippen LogP contribution in [0.25, 0.3) is 0 Å². The molecule has 1 amide bonds. The molecule has 0 unspecified atom stereocenters. The van der Waals surface area contributed by atoms with E-state index in [1.165, 1.54) is 0 Å². The molecule has 0 rings (SSSR count). The number of carbonyl (C=O) groups is 1. The summed E-state index contributed by atoms with van der Waals surface area (Å²) in [6.45, 7) is 7.12. The summed E-state index contributed by atoms with van der Waals surface area (Å²) < 4.78 is 0. The van der Waals surface area contributed by atoms with E-state index in [0.717, 1.165) is 0 Å². The molecule has 0 fully saturated rings. The minimum absolute atomic E-state index is 0.0398. The number of aliphatic hydroxyl groups excluding tert-OH is 1. The second kappa shape index (κ2) is 5.94. The molecule has 0 heterocycles. The van der Waals surface area contributed by atoms with Crippen molar-refractivity contribution in [1.29, 1.82) is 0 Å². The van der Waals surface area contributed by atoms with Crippen LogP contribution in [0.1, 0.15) is 27.2 Å². The lowest BCUT2D eigenvalue weighted by Gasteiger charge is -2.20. The monoisotopic (exact) mass is 188 g/mol. The van der Waals surface area contributed by atoms with Crippen molar-refractivity contribution >= 4 is 5.91 Å². The molecule has 0 aliphatic heterocycles. The highest BCUT2D eigenvalue weighted by molar-refractivity contribution is 5.76. The van der Waals surface area contributed by atoms with Crippen molar-refractivity contribution in [3.8, 4) is 0 Å². The standard InChI is InChI=1S/C9H20N2O2/c1-9(2,3)11-8(13)4-5-10-6-7-12/h10,12H,4-7H2,1-3H3,(H,11,13). The summed E-state index contributed by atoms with van der Waals surface area (Å²) in [5.41, 5.74) is -0.159. The maximum atomic E-state index is 11.2. The summed E-state index contributed by atoms with van der Waals surface area (Å²) in [6, 6.07) is 0. The minimum atomic E-state index is -0.159. The summed E-state index contributed by atoms with van der Waals surface area (Å²) in [5, 5.41) is 14.3. The molecule has 0 saturated carbocycles. The third-order valence-electron chi connectivity index (χ3n) is 1.33. The fourth-order valence-corrected chi connectivity index (χ4v) is 0.887. The van der Waals surface area contributed by atoms with E-state index in [4.69, 9.17) is 5.11 Å². The van der Waals surface area contributed by atoms with Gasteiger partial charge >= 0.3 is 0 Å². The lowest BCUT2D eigenvalue weighted by molar-refractivity contribution is -0.122. The fourth-order valence-electron chi connectivity index (χ4n) is 0.887. The topological polar surface area (TPSA) is 61.4 Å². The third-order valence-corrected chi connectivity index (χ3v) is 1.33. The maximum Gasteiger partial charge on any atom is 0.221 e. The molecule has 0 spiro atoms. The van der Waals surface area contributed by atoms with E-state index >= 15 is 0 Å². The molecule has 3 N–H and O–H groups in total. The second-order valence-corrected chi connectivity index (χ2v) is 4.02. The minimum Gasteiger partial charge on any atom is -0.395 e. The van der Waals surface area contributed by atoms with Crippen molar-refractivity contribution in [3.63, 3.8) is 0 Å². The van der Waals surface area contributed by atoms with Crippen LogP contribution in [0.4, 0.5) is 0 Å². The zero-order valence-electron chi connectivity index (χ0n) is 8.68. The van der Waals surface area contributed by atoms with Crippen molar-refractivity contribution in [2.45, 2.75) is 32.7 Å². The van der Waals surface area contributed by atoms with E-state index in [2.05, 4.69) is 10.6 Å². The Morgan fingerprint density at radius 1 is 1.31 bits per heavy atom. The Bertz CT molecular complexity index is 152. The van der Waals surface area contributed by atoms with E-state index in [1.807, 2.05) is 20.8 Å². The van der Waals surface area contributed by atoms with E-state index in [-0.39, 0.29) is 18.1 Å². The smallest absolute Gasteiger partial charge is 0.221 e. The van der Waals surface area contributed by atoms with Gasteiger partial charge in [0.05, 0.1) is 6.61 Å². The van der Waals surface area contributed by atoms with Crippen molar-refractivity contribution < 1.29 is 9.90 Å². The largest absolute Gasteiger partial charge is 0.395 e. The first-order chi connectivity index (χ1) is 5.95. The molecular formula is C9H20N2O2. The summed E-state index contributed by atoms with van der Waals surface area (Å²) in [4.78, 5) is 11.2. The summed E-state index contributed by atoms with van der Waals surface area (Å²) in [5.74, 6) is 0.0398. The first-order valence-electron chi connectivity index (χ1n) is 4.58. The summed E-state index contributed by atoms with van der Waals surface area (Å²) in [7, 11) is 0. The van der Waals surface area contributed by atoms with Gasteiger partial charge in [-0.05, 0) is 20.8 Å². The Labute approximate surface area is 79.7 Å². The highest BCUT2D eigenvalue weighted by Crippen LogP contribution is 1.98. The van der Waals surface area contributed by atoms with Gasteiger partial charge in [-0.25, -0.2) is 0 Å². The molecule has 13 heavy (non-hydrogen) atoms. The number of amides is 1. The van der Waals surface area contributed by atoms with Crippen LogP contribution >= 0.6 is 0 Å². The average Bonchev–Trinajstić information content (AvgIpc) is 1.94. The molecule has 0 aliphatic carbocycles. The number of hydrogen-bond acceptors (Lipinski definition) is 3. The normalized spacial score (nSPS) is 11.4. The summed E-state index contributed by atoms with van der Waals surface area (Å²) >= 11 is 0. The van der Waals surface area contributed by atoms with Gasteiger partial charge in [-0.15, -0.1) is 0 Å². The number of nitrogens with one attached hydrogen (secondary N) is 2. The Kier molecular flexibility index (Phi) is 5.66. The molecule has 78 valence electrons. The van der Waals surface area contributed by atoms with Crippen LogP contribution in [-0.2, 0) is 4.79 Å². The van der Waals surface area contributed by atoms with Crippen LogP contribution < -0.4 is 10.6 Å². The Morgan fingerprint density at radius 3 is 2.38 bits per heavy atom. The maximum absolute atomic E-state index is 11.2. The van der Waals surface area contributed by atoms with Gasteiger partial charge in [-0.2, -0.15) is 0 Å². The van der Waals surface area contributed by atoms with E-state index in [9.17, 15) is 4.79 Å². The molecule has 0 atom stereocenters. The van der Waals surface area contributed by atoms with Crippen LogP contribution in [0.5, 0.6) is 0 Å². The van der Waals surface area contributed by atoms with Crippen LogP contribution in [0.15, 0.2) is 0 Å². The van der Waals surface area contributed by atoms with Gasteiger partial charge in [0.15, 0.2) is 0 Å². The first-order valence-corrected chi connectivity index (χ1v) is 4.58. The lowest BCUT2D eigenvalue weighted by Crippen LogP contribution is -2.41. The number of hydrogen-bond donors (Lipinski definition) is 3. The van der Waals surface area contributed by atoms with E-state index < -0.39 is 0 Å². The van der Waals surface area contributed by atoms with Gasteiger partial charge in [0.1, 0.15) is 0 Å². The highest BCUT2D eigenvalue weighted by atomic mass is 16.3. The van der Waals surface area contributed by atoms with Gasteiger partial charge in [0, 0.05) is 25.0 Å². The SMILES string of the molecule is CC(C)(C)NC(=O)CCNCCO. The predicted octanol–water partition coefficient (Wildman–Crippen LogP) is -0.127. The zero-order valence-corrected chi connectivity index (χ0v) is 8.68. The zero-order chi connectivity index (χ0) is 10.3. The molecule has 0 radical (unpaired) electrons. The predicted molar refractivity (Wildman–Crippen MR) is 52.5 cm³/mol.